The number of hydrogen-bond donors (Lipinski definition) is 1. The molecule has 0 aromatic heterocycles. The molecule has 0 aliphatic rings. The predicted molar refractivity (Wildman–Crippen MR) is 82.9 cm³/mol. The van der Waals surface area contributed by atoms with Crippen LogP contribution in [0.4, 0.5) is 0 Å². The van der Waals surface area contributed by atoms with Crippen molar-refractivity contribution in [1.29, 1.82) is 0 Å². The van der Waals surface area contributed by atoms with Crippen LogP contribution in [0.15, 0.2) is 60.7 Å². The lowest BCUT2D eigenvalue weighted by molar-refractivity contribution is 0.584. The average molecular weight is 273 g/mol. The van der Waals surface area contributed by atoms with Crippen LogP contribution in [0.2, 0.25) is 0 Å². The predicted octanol–water partition coefficient (Wildman–Crippen LogP) is 2.74. The number of unbranched alkanes of at least 4 members (excludes halogenated alkanes) is 1. The van der Waals surface area contributed by atoms with Crippen LogP contribution in [-0.2, 0) is 4.57 Å². The maximum absolute atomic E-state index is 13.5. The van der Waals surface area contributed by atoms with Gasteiger partial charge in [-0.15, -0.1) is 0 Å². The first-order chi connectivity index (χ1) is 9.27. The molecular formula is C16H20NOP. The van der Waals surface area contributed by atoms with Crippen molar-refractivity contribution in [3.63, 3.8) is 0 Å². The zero-order valence-electron chi connectivity index (χ0n) is 11.0. The third-order valence-electron chi connectivity index (χ3n) is 3.27. The van der Waals surface area contributed by atoms with Crippen molar-refractivity contribution in [3.05, 3.63) is 60.7 Å². The van der Waals surface area contributed by atoms with Crippen LogP contribution in [0, 0.1) is 0 Å². The maximum Gasteiger partial charge on any atom is 0.143 e. The van der Waals surface area contributed by atoms with Crippen molar-refractivity contribution >= 4 is 17.8 Å². The van der Waals surface area contributed by atoms with E-state index < -0.39 is 7.14 Å². The molecule has 3 heteroatoms. The van der Waals surface area contributed by atoms with Gasteiger partial charge < -0.3 is 10.3 Å². The summed E-state index contributed by atoms with van der Waals surface area (Å²) in [5.41, 5.74) is 5.55. The van der Waals surface area contributed by atoms with Crippen molar-refractivity contribution in [2.24, 2.45) is 5.73 Å². The highest BCUT2D eigenvalue weighted by Crippen LogP contribution is 2.43. The van der Waals surface area contributed by atoms with Gasteiger partial charge in [-0.3, -0.25) is 0 Å². The van der Waals surface area contributed by atoms with Gasteiger partial charge in [0.2, 0.25) is 0 Å². The van der Waals surface area contributed by atoms with Gasteiger partial charge in [-0.1, -0.05) is 60.7 Å². The molecule has 19 heavy (non-hydrogen) atoms. The fourth-order valence-corrected chi connectivity index (χ4v) is 5.01. The summed E-state index contributed by atoms with van der Waals surface area (Å²) in [6.45, 7) is 0.656. The van der Waals surface area contributed by atoms with Crippen LogP contribution in [0.1, 0.15) is 12.8 Å². The molecule has 0 saturated heterocycles. The van der Waals surface area contributed by atoms with Gasteiger partial charge >= 0.3 is 0 Å². The van der Waals surface area contributed by atoms with E-state index in [1.165, 1.54) is 0 Å². The molecule has 0 aliphatic heterocycles. The third-order valence-corrected chi connectivity index (χ3v) is 6.48. The van der Waals surface area contributed by atoms with Crippen LogP contribution < -0.4 is 16.3 Å². The molecule has 0 radical (unpaired) electrons. The minimum absolute atomic E-state index is 0.656. The summed E-state index contributed by atoms with van der Waals surface area (Å²) in [7, 11) is -2.51. The Kier molecular flexibility index (Phi) is 4.95. The second-order valence-corrected chi connectivity index (χ2v) is 7.59. The minimum atomic E-state index is -2.51. The zero-order chi connectivity index (χ0) is 13.6. The van der Waals surface area contributed by atoms with Gasteiger partial charge in [-0.25, -0.2) is 0 Å². The molecule has 100 valence electrons. The lowest BCUT2D eigenvalue weighted by atomic mass is 10.3. The summed E-state index contributed by atoms with van der Waals surface area (Å²) in [4.78, 5) is 0. The van der Waals surface area contributed by atoms with E-state index in [1.807, 2.05) is 60.7 Å². The summed E-state index contributed by atoms with van der Waals surface area (Å²) >= 11 is 0. The first-order valence-electron chi connectivity index (χ1n) is 6.68. The van der Waals surface area contributed by atoms with Crippen molar-refractivity contribution in [2.45, 2.75) is 12.8 Å². The Labute approximate surface area is 115 Å². The highest BCUT2D eigenvalue weighted by Gasteiger charge is 2.25. The van der Waals surface area contributed by atoms with Crippen LogP contribution in [0.25, 0.3) is 0 Å². The molecule has 0 heterocycles. The smallest absolute Gasteiger partial charge is 0.143 e. The SMILES string of the molecule is NCCCCP(=O)(c1ccccc1)c1ccccc1. The van der Waals surface area contributed by atoms with Gasteiger partial charge in [0.05, 0.1) is 0 Å². The Bertz CT molecular complexity index is 496. The standard InChI is InChI=1S/C16H20NOP/c17-13-7-8-14-19(18,15-9-3-1-4-10-15)16-11-5-2-6-12-16/h1-6,9-12H,7-8,13-14,17H2. The molecule has 2 aromatic rings. The van der Waals surface area contributed by atoms with E-state index in [2.05, 4.69) is 0 Å². The van der Waals surface area contributed by atoms with Crippen molar-refractivity contribution in [2.75, 3.05) is 12.7 Å². The molecule has 0 saturated carbocycles. The summed E-state index contributed by atoms with van der Waals surface area (Å²) < 4.78 is 13.5. The minimum Gasteiger partial charge on any atom is -0.330 e. The van der Waals surface area contributed by atoms with Gasteiger partial charge in [-0.05, 0) is 19.4 Å². The molecule has 0 aliphatic carbocycles. The number of benzene rings is 2. The molecular weight excluding hydrogens is 253 g/mol. The first-order valence-corrected chi connectivity index (χ1v) is 8.57. The van der Waals surface area contributed by atoms with Gasteiger partial charge in [-0.2, -0.15) is 0 Å². The van der Waals surface area contributed by atoms with Crippen molar-refractivity contribution in [1.82, 2.24) is 0 Å². The Hall–Kier alpha value is -1.37. The summed E-state index contributed by atoms with van der Waals surface area (Å²) in [6, 6.07) is 19.6. The zero-order valence-corrected chi connectivity index (χ0v) is 11.9. The lowest BCUT2D eigenvalue weighted by Gasteiger charge is -2.19. The van der Waals surface area contributed by atoms with Crippen LogP contribution >= 0.6 is 7.14 Å². The highest BCUT2D eigenvalue weighted by molar-refractivity contribution is 7.78. The molecule has 0 spiro atoms. The van der Waals surface area contributed by atoms with Crippen molar-refractivity contribution < 1.29 is 4.57 Å². The van der Waals surface area contributed by atoms with Gasteiger partial charge in [0.25, 0.3) is 0 Å². The molecule has 2 N–H and O–H groups in total. The molecule has 2 nitrogen and oxygen atoms in total. The Morgan fingerprint density at radius 2 is 1.26 bits per heavy atom. The molecule has 0 amide bonds. The highest BCUT2D eigenvalue weighted by atomic mass is 31.2. The van der Waals surface area contributed by atoms with Crippen LogP contribution in [0.5, 0.6) is 0 Å². The molecule has 0 fully saturated rings. The van der Waals surface area contributed by atoms with Gasteiger partial charge in [0, 0.05) is 16.8 Å². The van der Waals surface area contributed by atoms with Gasteiger partial charge in [0.15, 0.2) is 0 Å². The van der Waals surface area contributed by atoms with E-state index in [0.29, 0.717) is 12.7 Å². The van der Waals surface area contributed by atoms with Crippen LogP contribution in [0.3, 0.4) is 0 Å². The maximum atomic E-state index is 13.5. The summed E-state index contributed by atoms with van der Waals surface area (Å²) in [5, 5.41) is 1.89. The van der Waals surface area contributed by atoms with E-state index in [1.54, 1.807) is 0 Å². The Morgan fingerprint density at radius 1 is 0.789 bits per heavy atom. The number of rotatable bonds is 6. The lowest BCUT2D eigenvalue weighted by Crippen LogP contribution is -2.18. The van der Waals surface area contributed by atoms with E-state index in [-0.39, 0.29) is 0 Å². The quantitative estimate of drug-likeness (QED) is 0.649. The normalized spacial score (nSPS) is 11.4. The topological polar surface area (TPSA) is 43.1 Å². The van der Waals surface area contributed by atoms with E-state index in [0.717, 1.165) is 23.5 Å². The first kappa shape index (κ1) is 14.0. The molecule has 0 bridgehead atoms. The Morgan fingerprint density at radius 3 is 1.68 bits per heavy atom. The fourth-order valence-electron chi connectivity index (χ4n) is 2.22. The van der Waals surface area contributed by atoms with E-state index in [9.17, 15) is 4.57 Å². The van der Waals surface area contributed by atoms with Crippen molar-refractivity contribution in [3.8, 4) is 0 Å². The largest absolute Gasteiger partial charge is 0.330 e. The average Bonchev–Trinajstić information content (AvgIpc) is 2.49. The second-order valence-electron chi connectivity index (χ2n) is 4.63. The van der Waals surface area contributed by atoms with Gasteiger partial charge in [0.1, 0.15) is 7.14 Å². The van der Waals surface area contributed by atoms with E-state index >= 15 is 0 Å². The molecule has 0 atom stereocenters. The molecule has 2 aromatic carbocycles. The fraction of sp³-hybridized carbons (Fsp3) is 0.250. The molecule has 2 rings (SSSR count). The number of hydrogen-bond acceptors (Lipinski definition) is 2. The van der Waals surface area contributed by atoms with E-state index in [4.69, 9.17) is 5.73 Å². The molecule has 0 unspecified atom stereocenters. The summed E-state index contributed by atoms with van der Waals surface area (Å²) in [5.74, 6) is 0. The number of nitrogens with two attached hydrogens (primary N) is 1. The Balaban J connectivity index is 2.36. The third kappa shape index (κ3) is 3.34. The second kappa shape index (κ2) is 6.70. The van der Waals surface area contributed by atoms with Crippen LogP contribution in [-0.4, -0.2) is 12.7 Å². The summed E-state index contributed by atoms with van der Waals surface area (Å²) in [6.07, 6.45) is 2.51. The monoisotopic (exact) mass is 273 g/mol.